The first-order chi connectivity index (χ1) is 42.3. The molecule has 19 heteroatoms. The molecule has 0 radical (unpaired) electrons. The second-order valence-electron chi connectivity index (χ2n) is 18.0. The molecule has 0 spiro atoms. The van der Waals surface area contributed by atoms with Crippen molar-refractivity contribution >= 4 is 69.4 Å². The summed E-state index contributed by atoms with van der Waals surface area (Å²) in [5.74, 6) is -2.23. The molecule has 19 nitrogen and oxygen atoms in total. The van der Waals surface area contributed by atoms with E-state index in [1.54, 1.807) is 31.2 Å². The smallest absolute Gasteiger partial charge is 0.229 e. The van der Waals surface area contributed by atoms with Gasteiger partial charge in [0.25, 0.3) is 0 Å². The van der Waals surface area contributed by atoms with Gasteiger partial charge in [-0.05, 0) is 110 Å². The van der Waals surface area contributed by atoms with Crippen LogP contribution < -0.4 is 4.74 Å². The van der Waals surface area contributed by atoms with Crippen molar-refractivity contribution in [2.24, 2.45) is 0 Å². The predicted octanol–water partition coefficient (Wildman–Crippen LogP) is 9.40. The van der Waals surface area contributed by atoms with Gasteiger partial charge in [-0.2, -0.15) is 0 Å². The highest BCUT2D eigenvalue weighted by atomic mass is 16.5. The molecule has 6 aliphatic carbocycles. The monoisotopic (exact) mass is 1200 g/mol. The predicted molar refractivity (Wildman–Crippen MR) is 325 cm³/mol. The van der Waals surface area contributed by atoms with Crippen LogP contribution in [0.3, 0.4) is 0 Å². The van der Waals surface area contributed by atoms with E-state index in [1.165, 1.54) is 136 Å². The van der Waals surface area contributed by atoms with Crippen LogP contribution in [0, 0.1) is 0 Å². The molecule has 0 atom stereocenters. The number of Topliss-reactive ketones (excluding diaryl/α,β-unsaturated/α-hetero) is 1. The number of methoxy groups -OCH3 is 3. The Hall–Kier alpha value is -11.1. The molecule has 88 heavy (non-hydrogen) atoms. The molecule has 0 heterocycles. The number of hydrogen-bond acceptors (Lipinski definition) is 19. The fourth-order valence-electron chi connectivity index (χ4n) is 6.75. The van der Waals surface area contributed by atoms with Gasteiger partial charge in [0.2, 0.25) is 57.8 Å². The standard InChI is InChI=1S/C14H20O4.C12H8O3.C12H10.C9H10O4.C9H8O3.C7H6O3.C6H4O2/c1-3-5-7-17-13-9-12(16)14(10-11(13)15)18-8-6-4-2;13-9-6-7-11(14)12(8-9)15-10-4-2-1-3-5-10;1-3-7-11(8-4-1)12-9-5-2-6-10-12;1-5-4-6(10)8(12-2)9(13-3)7(5)11;1-2-5-12-9-6-7(10)3-4-8(9)11;1-10-5-2-3-6(8)7(9)4-5;7-5-1-2-6(8)4-3-5/h9-10H,3-8H2,1-2H3;1-8H;1-10H;4H,1-3H3;2-4,6H,1,5H2;2-4H,1H3;1-4H. The Bertz CT molecular complexity index is 3350. The molecule has 456 valence electrons. The van der Waals surface area contributed by atoms with Gasteiger partial charge >= 0.3 is 0 Å². The van der Waals surface area contributed by atoms with Gasteiger partial charge in [-0.15, -0.1) is 0 Å². The second-order valence-corrected chi connectivity index (χ2v) is 18.0. The van der Waals surface area contributed by atoms with Crippen molar-refractivity contribution in [3.63, 3.8) is 0 Å². The van der Waals surface area contributed by atoms with Crippen LogP contribution >= 0.6 is 0 Å². The van der Waals surface area contributed by atoms with Crippen molar-refractivity contribution < 1.29 is 90.7 Å². The zero-order chi connectivity index (χ0) is 64.8. The minimum atomic E-state index is -0.528. The minimum Gasteiger partial charge on any atom is -0.497 e. The molecule has 3 aromatic rings. The van der Waals surface area contributed by atoms with Crippen LogP contribution in [0.2, 0.25) is 0 Å². The first kappa shape index (κ1) is 71.2. The zero-order valence-electron chi connectivity index (χ0n) is 49.4. The third-order valence-electron chi connectivity index (χ3n) is 11.3. The molecule has 0 N–H and O–H groups in total. The summed E-state index contributed by atoms with van der Waals surface area (Å²) < 4.78 is 35.0. The maximum absolute atomic E-state index is 11.7. The largest absolute Gasteiger partial charge is 0.497 e. The zero-order valence-corrected chi connectivity index (χ0v) is 49.4. The Kier molecular flexibility index (Phi) is 31.9. The van der Waals surface area contributed by atoms with Gasteiger partial charge in [0, 0.05) is 36.0 Å². The summed E-state index contributed by atoms with van der Waals surface area (Å²) in [6.45, 7) is 10.2. The van der Waals surface area contributed by atoms with E-state index in [0.29, 0.717) is 30.3 Å². The number of rotatable bonds is 17. The molecule has 0 fully saturated rings. The van der Waals surface area contributed by atoms with Gasteiger partial charge in [0.1, 0.15) is 18.1 Å². The van der Waals surface area contributed by atoms with Crippen LogP contribution in [0.25, 0.3) is 11.1 Å². The molecule has 0 saturated carbocycles. The van der Waals surface area contributed by atoms with Crippen LogP contribution in [-0.4, -0.2) is 111 Å². The number of ether oxygens (including phenoxy) is 7. The van der Waals surface area contributed by atoms with Crippen molar-refractivity contribution in [2.75, 3.05) is 41.2 Å². The molecule has 0 unspecified atom stereocenters. The number of benzene rings is 3. The summed E-state index contributed by atoms with van der Waals surface area (Å²) in [7, 11) is 4.10. The molecule has 0 aliphatic heterocycles. The minimum absolute atomic E-state index is 0.0208. The van der Waals surface area contributed by atoms with Crippen molar-refractivity contribution in [2.45, 2.75) is 46.5 Å². The highest BCUT2D eigenvalue weighted by Gasteiger charge is 2.28. The SMILES string of the molecule is C=CCOC1=CC(=O)C=CC1=O.CCCCOC1=CC(=O)C(OCCCC)=CC1=O.COC1=C(OC)C(=O)C(C)=CC1=O.COC1=CC(=O)C(=O)C=C1.O=C1C=CC(=O)C(Oc2ccccc2)=C1.O=C1C=CC(=O)C=C1.c1ccc(-c2ccccc2)cc1. The van der Waals surface area contributed by atoms with Crippen molar-refractivity contribution in [1.29, 1.82) is 0 Å². The van der Waals surface area contributed by atoms with E-state index < -0.39 is 11.6 Å². The van der Waals surface area contributed by atoms with Crippen molar-refractivity contribution in [3.05, 3.63) is 247 Å². The molecule has 0 bridgehead atoms. The molecule has 0 aromatic heterocycles. The second kappa shape index (κ2) is 39.5. The van der Waals surface area contributed by atoms with Crippen molar-refractivity contribution in [3.8, 4) is 16.9 Å². The van der Waals surface area contributed by atoms with Gasteiger partial charge in [-0.3, -0.25) is 57.5 Å². The fourth-order valence-corrected chi connectivity index (χ4v) is 6.75. The Labute approximate surface area is 509 Å². The normalized spacial score (nSPS) is 15.2. The van der Waals surface area contributed by atoms with E-state index in [2.05, 4.69) is 55.1 Å². The molecule has 0 saturated heterocycles. The summed E-state index contributed by atoms with van der Waals surface area (Å²) in [5.41, 5.74) is 2.92. The lowest BCUT2D eigenvalue weighted by atomic mass is 10.0. The summed E-state index contributed by atoms with van der Waals surface area (Å²) in [4.78, 5) is 132. The third-order valence-corrected chi connectivity index (χ3v) is 11.3. The van der Waals surface area contributed by atoms with Gasteiger partial charge in [0.15, 0.2) is 46.2 Å². The Morgan fingerprint density at radius 1 is 0.386 bits per heavy atom. The first-order valence-electron chi connectivity index (χ1n) is 27.2. The van der Waals surface area contributed by atoms with Crippen LogP contribution in [0.1, 0.15) is 46.5 Å². The highest BCUT2D eigenvalue weighted by Crippen LogP contribution is 2.21. The van der Waals surface area contributed by atoms with E-state index in [9.17, 15) is 57.5 Å². The number of para-hydroxylation sites is 1. The summed E-state index contributed by atoms with van der Waals surface area (Å²) >= 11 is 0. The summed E-state index contributed by atoms with van der Waals surface area (Å²) in [6, 6.07) is 29.6. The number of unbranched alkanes of at least 4 members (excludes halogenated alkanes) is 2. The number of hydrogen-bond donors (Lipinski definition) is 0. The maximum atomic E-state index is 11.7. The quantitative estimate of drug-likeness (QED) is 0.0400. The average molecular weight is 1200 g/mol. The van der Waals surface area contributed by atoms with Crippen LogP contribution in [-0.2, 0) is 86.0 Å². The van der Waals surface area contributed by atoms with E-state index >= 15 is 0 Å². The fraction of sp³-hybridized carbons (Fsp3) is 0.188. The van der Waals surface area contributed by atoms with E-state index in [1.807, 2.05) is 32.0 Å². The van der Waals surface area contributed by atoms with E-state index in [0.717, 1.165) is 25.7 Å². The molecule has 3 aromatic carbocycles. The number of allylic oxidation sites excluding steroid dienone is 17. The van der Waals surface area contributed by atoms with Crippen LogP contribution in [0.15, 0.2) is 247 Å². The lowest BCUT2D eigenvalue weighted by Crippen LogP contribution is -2.20. The van der Waals surface area contributed by atoms with E-state index in [4.69, 9.17) is 33.2 Å². The summed E-state index contributed by atoms with van der Waals surface area (Å²) in [5, 5.41) is 0. The Morgan fingerprint density at radius 3 is 1.24 bits per heavy atom. The topological polar surface area (TPSA) is 269 Å². The maximum Gasteiger partial charge on any atom is 0.229 e. The highest BCUT2D eigenvalue weighted by molar-refractivity contribution is 6.46. The third kappa shape index (κ3) is 25.8. The van der Waals surface area contributed by atoms with Crippen LogP contribution in [0.5, 0.6) is 5.75 Å². The Balaban J connectivity index is 0.000000272. The van der Waals surface area contributed by atoms with Gasteiger partial charge in [-0.1, -0.05) is 118 Å². The molecular formula is C69H66O19. The Morgan fingerprint density at radius 2 is 0.807 bits per heavy atom. The van der Waals surface area contributed by atoms with E-state index in [-0.39, 0.29) is 99.0 Å². The average Bonchev–Trinajstić information content (AvgIpc) is 2.39. The number of carbonyl (C=O) groups is 12. The molecular weight excluding hydrogens is 1130 g/mol. The molecule has 9 rings (SSSR count). The van der Waals surface area contributed by atoms with Gasteiger partial charge in [0.05, 0.1) is 34.5 Å². The lowest BCUT2D eigenvalue weighted by molar-refractivity contribution is -0.131. The van der Waals surface area contributed by atoms with Gasteiger partial charge < -0.3 is 33.2 Å². The number of ketones is 12. The number of carbonyl (C=O) groups excluding carboxylic acids is 12. The lowest BCUT2D eigenvalue weighted by Gasteiger charge is -2.14. The molecule has 6 aliphatic rings. The van der Waals surface area contributed by atoms with Crippen molar-refractivity contribution in [1.82, 2.24) is 0 Å². The summed E-state index contributed by atoms with van der Waals surface area (Å²) in [6.07, 6.45) is 24.9. The molecule has 0 amide bonds. The first-order valence-corrected chi connectivity index (χ1v) is 27.2. The van der Waals surface area contributed by atoms with Crippen LogP contribution in [0.4, 0.5) is 0 Å². The van der Waals surface area contributed by atoms with Gasteiger partial charge in [-0.25, -0.2) is 0 Å².